The molecular weight excluding hydrogens is 1110 g/mol. The van der Waals surface area contributed by atoms with E-state index in [1.807, 2.05) is 21.1 Å². The van der Waals surface area contributed by atoms with Crippen LogP contribution >= 0.6 is 7.82 Å². The van der Waals surface area contributed by atoms with Crippen molar-refractivity contribution in [2.75, 3.05) is 47.5 Å². The summed E-state index contributed by atoms with van der Waals surface area (Å²) < 4.78 is 34.2. The van der Waals surface area contributed by atoms with Crippen molar-refractivity contribution < 1.29 is 42.1 Å². The van der Waals surface area contributed by atoms with Gasteiger partial charge in [0.1, 0.15) is 19.8 Å². The molecular formula is C78H122NO8P. The first-order chi connectivity index (χ1) is 43.0. The molecule has 0 N–H and O–H groups in total. The zero-order chi connectivity index (χ0) is 64.1. The summed E-state index contributed by atoms with van der Waals surface area (Å²) >= 11 is 0. The van der Waals surface area contributed by atoms with Gasteiger partial charge in [-0.05, 0) is 148 Å². The van der Waals surface area contributed by atoms with Gasteiger partial charge < -0.3 is 27.9 Å². The van der Waals surface area contributed by atoms with Gasteiger partial charge in [0, 0.05) is 12.8 Å². The second-order valence-corrected chi connectivity index (χ2v) is 24.1. The minimum atomic E-state index is -4.67. The predicted molar refractivity (Wildman–Crippen MR) is 378 cm³/mol. The number of esters is 2. The average Bonchev–Trinajstić information content (AvgIpc) is 3.68. The van der Waals surface area contributed by atoms with Gasteiger partial charge in [0.15, 0.2) is 6.10 Å². The zero-order valence-corrected chi connectivity index (χ0v) is 56.7. The van der Waals surface area contributed by atoms with Gasteiger partial charge in [-0.1, -0.05) is 265 Å². The number of hydrogen-bond acceptors (Lipinski definition) is 8. The Bertz CT molecular complexity index is 2240. The first kappa shape index (κ1) is 82.6. The molecule has 0 amide bonds. The van der Waals surface area contributed by atoms with Crippen LogP contribution in [-0.4, -0.2) is 70.0 Å². The molecule has 0 aromatic carbocycles. The fourth-order valence-corrected chi connectivity index (χ4v) is 8.92. The van der Waals surface area contributed by atoms with Crippen molar-refractivity contribution >= 4 is 19.8 Å². The number of carbonyl (C=O) groups is 2. The first-order valence-corrected chi connectivity index (χ1v) is 35.3. The Morgan fingerprint density at radius 3 is 0.909 bits per heavy atom. The number of ether oxygens (including phenoxy) is 2. The second-order valence-electron chi connectivity index (χ2n) is 22.7. The maximum absolute atomic E-state index is 12.9. The third-order valence-corrected chi connectivity index (χ3v) is 14.3. The highest BCUT2D eigenvalue weighted by molar-refractivity contribution is 7.45. The van der Waals surface area contributed by atoms with Crippen LogP contribution in [0.25, 0.3) is 0 Å². The highest BCUT2D eigenvalue weighted by Gasteiger charge is 2.22. The monoisotopic (exact) mass is 1230 g/mol. The molecule has 88 heavy (non-hydrogen) atoms. The summed E-state index contributed by atoms with van der Waals surface area (Å²) in [6, 6.07) is 0. The van der Waals surface area contributed by atoms with Crippen LogP contribution in [0.2, 0.25) is 0 Å². The number of phosphoric acid groups is 1. The summed E-state index contributed by atoms with van der Waals surface area (Å²) in [7, 11) is 1.11. The van der Waals surface area contributed by atoms with E-state index in [1.54, 1.807) is 0 Å². The molecule has 0 aliphatic heterocycles. The third-order valence-electron chi connectivity index (χ3n) is 13.3. The molecule has 0 bridgehead atoms. The summed E-state index contributed by atoms with van der Waals surface area (Å²) in [4.78, 5) is 38.0. The van der Waals surface area contributed by atoms with Gasteiger partial charge in [-0.3, -0.25) is 14.2 Å². The van der Waals surface area contributed by atoms with Crippen LogP contribution in [0.15, 0.2) is 207 Å². The van der Waals surface area contributed by atoms with Crippen molar-refractivity contribution in [1.29, 1.82) is 0 Å². The maximum atomic E-state index is 12.9. The molecule has 0 aromatic rings. The Morgan fingerprint density at radius 1 is 0.352 bits per heavy atom. The third kappa shape index (κ3) is 69.7. The van der Waals surface area contributed by atoms with Crippen LogP contribution in [0.1, 0.15) is 219 Å². The summed E-state index contributed by atoms with van der Waals surface area (Å²) in [5, 5.41) is 0. The van der Waals surface area contributed by atoms with E-state index in [0.29, 0.717) is 23.9 Å². The van der Waals surface area contributed by atoms with E-state index in [-0.39, 0.29) is 26.1 Å². The number of hydrogen-bond donors (Lipinski definition) is 0. The van der Waals surface area contributed by atoms with E-state index in [0.717, 1.165) is 180 Å². The maximum Gasteiger partial charge on any atom is 0.306 e. The van der Waals surface area contributed by atoms with Gasteiger partial charge in [0.25, 0.3) is 7.82 Å². The number of allylic oxidation sites excluding steroid dienone is 34. The van der Waals surface area contributed by atoms with Crippen molar-refractivity contribution in [3.8, 4) is 0 Å². The Labute approximate surface area is 538 Å². The number of unbranched alkanes of at least 4 members (excludes halogenated alkanes) is 11. The second kappa shape index (κ2) is 66.0. The van der Waals surface area contributed by atoms with Gasteiger partial charge in [-0.15, -0.1) is 0 Å². The van der Waals surface area contributed by atoms with E-state index in [4.69, 9.17) is 18.5 Å². The molecule has 2 unspecified atom stereocenters. The lowest BCUT2D eigenvalue weighted by Gasteiger charge is -2.28. The van der Waals surface area contributed by atoms with Crippen LogP contribution in [0.5, 0.6) is 0 Å². The Morgan fingerprint density at radius 2 is 0.614 bits per heavy atom. The topological polar surface area (TPSA) is 111 Å². The highest BCUT2D eigenvalue weighted by atomic mass is 31.2. The molecule has 492 valence electrons. The van der Waals surface area contributed by atoms with Crippen LogP contribution < -0.4 is 4.89 Å². The number of rotatable bonds is 59. The molecule has 2 atom stereocenters. The summed E-state index contributed by atoms with van der Waals surface area (Å²) in [6.07, 6.45) is 105. The SMILES string of the molecule is CC/C=C\C/C=C\C/C=C\C/C=C\C/C=C\C/C=C\C/C=C\C/C=C\C/C=C\C/C=C\CCCCCCCCC(=O)OC(COC(=O)CCCCCCC/C=C\C/C=C\C/C=C\C/C=C\C/C=C\C/C=C\C/C=C\CC)COP(=O)([O-])OCC[N+](C)(C)C. The van der Waals surface area contributed by atoms with Crippen molar-refractivity contribution in [3.63, 3.8) is 0 Å². The normalized spacial score (nSPS) is 14.5. The van der Waals surface area contributed by atoms with Gasteiger partial charge in [-0.25, -0.2) is 0 Å². The molecule has 9 nitrogen and oxygen atoms in total. The summed E-state index contributed by atoms with van der Waals surface area (Å²) in [6.45, 7) is 3.94. The van der Waals surface area contributed by atoms with Crippen LogP contribution in [0.4, 0.5) is 0 Å². The lowest BCUT2D eigenvalue weighted by atomic mass is 10.1. The predicted octanol–water partition coefficient (Wildman–Crippen LogP) is 21.6. The van der Waals surface area contributed by atoms with Gasteiger partial charge in [0.05, 0.1) is 27.7 Å². The summed E-state index contributed by atoms with van der Waals surface area (Å²) in [5.74, 6) is -0.891. The highest BCUT2D eigenvalue weighted by Crippen LogP contribution is 2.38. The minimum Gasteiger partial charge on any atom is -0.756 e. The molecule has 0 spiro atoms. The van der Waals surface area contributed by atoms with Crippen molar-refractivity contribution in [1.82, 2.24) is 0 Å². The quantitative estimate of drug-likeness (QED) is 0.0195. The first-order valence-electron chi connectivity index (χ1n) is 33.8. The standard InChI is InChI=1S/C78H122NO8P/c1-6-8-10-12-14-16-18-20-22-24-26-28-30-32-34-35-36-37-38-39-40-41-42-43-45-47-49-51-53-55-57-59-61-63-65-67-69-71-78(81)87-76(75-86-88(82,83)85-73-72-79(3,4)5)74-84-77(80)70-68-66-64-62-60-58-56-54-52-50-48-46-44-33-31-29-27-25-23-21-19-17-15-13-11-9-7-2/h8-11,14-17,20-23,26-29,32-34,36-37,39-40,42-44,47-50,53-56,76H,6-7,12-13,18-19,24-25,30-31,35,38,41,45-46,51-52,57-75H2,1-5H3/b10-8-,11-9-,16-14-,17-15-,22-20-,23-21-,28-26-,29-27-,34-32-,37-36-,40-39-,43-42-,44-33-,49-47-,50-48-,55-53-,56-54-. The molecule has 0 radical (unpaired) electrons. The molecule has 0 saturated heterocycles. The van der Waals surface area contributed by atoms with Crippen molar-refractivity contribution in [3.05, 3.63) is 207 Å². The van der Waals surface area contributed by atoms with Gasteiger partial charge in [0.2, 0.25) is 0 Å². The number of phosphoric ester groups is 1. The minimum absolute atomic E-state index is 0.0500. The number of nitrogens with zero attached hydrogens (tertiary/aromatic N) is 1. The number of quaternary nitrogens is 1. The lowest BCUT2D eigenvalue weighted by molar-refractivity contribution is -0.870. The van der Waals surface area contributed by atoms with E-state index in [9.17, 15) is 19.0 Å². The molecule has 10 heteroatoms. The molecule has 0 saturated carbocycles. The molecule has 0 rings (SSSR count). The lowest BCUT2D eigenvalue weighted by Crippen LogP contribution is -2.37. The number of carbonyl (C=O) groups excluding carboxylic acids is 2. The van der Waals surface area contributed by atoms with E-state index in [1.165, 1.54) is 0 Å². The molecule has 0 heterocycles. The average molecular weight is 1230 g/mol. The smallest absolute Gasteiger partial charge is 0.306 e. The van der Waals surface area contributed by atoms with Crippen molar-refractivity contribution in [2.24, 2.45) is 0 Å². The Balaban J connectivity index is 4.25. The fourth-order valence-electron chi connectivity index (χ4n) is 8.19. The fraction of sp³-hybridized carbons (Fsp3) is 0.538. The Hall–Kier alpha value is -5.41. The van der Waals surface area contributed by atoms with E-state index in [2.05, 4.69) is 220 Å². The molecule has 0 fully saturated rings. The molecule has 0 aromatic heterocycles. The van der Waals surface area contributed by atoms with Crippen LogP contribution in [-0.2, 0) is 32.7 Å². The largest absolute Gasteiger partial charge is 0.756 e. The van der Waals surface area contributed by atoms with E-state index >= 15 is 0 Å². The number of likely N-dealkylation sites (N-methyl/N-ethyl adjacent to an activating group) is 1. The zero-order valence-electron chi connectivity index (χ0n) is 55.8. The van der Waals surface area contributed by atoms with Crippen LogP contribution in [0, 0.1) is 0 Å². The van der Waals surface area contributed by atoms with Crippen LogP contribution in [0.3, 0.4) is 0 Å². The van der Waals surface area contributed by atoms with Gasteiger partial charge in [-0.2, -0.15) is 0 Å². The van der Waals surface area contributed by atoms with E-state index < -0.39 is 32.5 Å². The summed E-state index contributed by atoms with van der Waals surface area (Å²) in [5.41, 5.74) is 0. The van der Waals surface area contributed by atoms with Gasteiger partial charge >= 0.3 is 11.9 Å². The molecule has 0 aliphatic carbocycles. The van der Waals surface area contributed by atoms with Crippen molar-refractivity contribution in [2.45, 2.75) is 225 Å². The molecule has 0 aliphatic rings. The Kier molecular flexibility index (Phi) is 62.0.